The van der Waals surface area contributed by atoms with Gasteiger partial charge in [-0.05, 0) is 36.6 Å². The van der Waals surface area contributed by atoms with Gasteiger partial charge >= 0.3 is 0 Å². The minimum atomic E-state index is -0.126. The van der Waals surface area contributed by atoms with Crippen LogP contribution in [0, 0.1) is 12.7 Å². The molecule has 0 aromatic heterocycles. The van der Waals surface area contributed by atoms with Crippen molar-refractivity contribution < 1.29 is 4.39 Å². The predicted molar refractivity (Wildman–Crippen MR) is 68.6 cm³/mol. The number of halogens is 1. The maximum absolute atomic E-state index is 13.4. The summed E-state index contributed by atoms with van der Waals surface area (Å²) in [6.45, 7) is 8.41. The second-order valence-corrected chi connectivity index (χ2v) is 4.71. The fourth-order valence-corrected chi connectivity index (χ4v) is 2.64. The van der Waals surface area contributed by atoms with Crippen molar-refractivity contribution in [3.8, 4) is 0 Å². The largest absolute Gasteiger partial charge is 0.314 e. The molecular weight excluding hydrogens is 215 g/mol. The van der Waals surface area contributed by atoms with Crippen LogP contribution in [-0.2, 0) is 0 Å². The van der Waals surface area contributed by atoms with Gasteiger partial charge in [-0.2, -0.15) is 0 Å². The zero-order valence-electron chi connectivity index (χ0n) is 10.7. The predicted octanol–water partition coefficient (Wildman–Crippen LogP) is 2.49. The highest BCUT2D eigenvalue weighted by atomic mass is 19.1. The van der Waals surface area contributed by atoms with E-state index < -0.39 is 0 Å². The van der Waals surface area contributed by atoms with Gasteiger partial charge < -0.3 is 5.32 Å². The highest BCUT2D eigenvalue weighted by Crippen LogP contribution is 2.27. The molecule has 1 saturated heterocycles. The molecule has 17 heavy (non-hydrogen) atoms. The average molecular weight is 236 g/mol. The molecule has 1 N–H and O–H groups in total. The zero-order chi connectivity index (χ0) is 12.3. The number of hydrogen-bond donors (Lipinski definition) is 1. The molecule has 1 heterocycles. The van der Waals surface area contributed by atoms with Crippen molar-refractivity contribution in [3.63, 3.8) is 0 Å². The van der Waals surface area contributed by atoms with Crippen molar-refractivity contribution >= 4 is 0 Å². The maximum Gasteiger partial charge on any atom is 0.123 e. The van der Waals surface area contributed by atoms with Crippen LogP contribution < -0.4 is 5.32 Å². The summed E-state index contributed by atoms with van der Waals surface area (Å²) in [5, 5.41) is 3.36. The standard InChI is InChI=1S/C14H21FN2/c1-3-14(17-8-6-16-7-9-17)13-10-12(15)5-4-11(13)2/h4-5,10,14,16H,3,6-9H2,1-2H3/t14-/m1/s1. The summed E-state index contributed by atoms with van der Waals surface area (Å²) < 4.78 is 13.4. The van der Waals surface area contributed by atoms with Crippen molar-refractivity contribution in [3.05, 3.63) is 35.1 Å². The summed E-state index contributed by atoms with van der Waals surface area (Å²) in [7, 11) is 0. The van der Waals surface area contributed by atoms with Crippen molar-refractivity contribution in [2.45, 2.75) is 26.3 Å². The van der Waals surface area contributed by atoms with E-state index in [1.807, 2.05) is 6.07 Å². The molecule has 0 bridgehead atoms. The first-order valence-electron chi connectivity index (χ1n) is 6.43. The van der Waals surface area contributed by atoms with E-state index >= 15 is 0 Å². The maximum atomic E-state index is 13.4. The summed E-state index contributed by atoms with van der Waals surface area (Å²) in [6, 6.07) is 5.48. The Morgan fingerprint density at radius 1 is 1.35 bits per heavy atom. The molecule has 0 saturated carbocycles. The summed E-state index contributed by atoms with van der Waals surface area (Å²) in [5.74, 6) is -0.126. The van der Waals surface area contributed by atoms with Crippen LogP contribution >= 0.6 is 0 Å². The van der Waals surface area contributed by atoms with E-state index in [1.54, 1.807) is 12.1 Å². The van der Waals surface area contributed by atoms with Gasteiger partial charge in [0.25, 0.3) is 0 Å². The normalized spacial score (nSPS) is 19.2. The lowest BCUT2D eigenvalue weighted by Gasteiger charge is -2.35. The van der Waals surface area contributed by atoms with Gasteiger partial charge in [-0.25, -0.2) is 4.39 Å². The Kier molecular flexibility index (Phi) is 4.13. The third-order valence-corrected chi connectivity index (χ3v) is 3.58. The lowest BCUT2D eigenvalue weighted by atomic mass is 9.97. The van der Waals surface area contributed by atoms with Crippen LogP contribution in [0.1, 0.15) is 30.5 Å². The molecule has 2 nitrogen and oxygen atoms in total. The van der Waals surface area contributed by atoms with Crippen LogP contribution in [0.25, 0.3) is 0 Å². The first-order valence-corrected chi connectivity index (χ1v) is 6.43. The van der Waals surface area contributed by atoms with E-state index in [2.05, 4.69) is 24.1 Å². The number of nitrogens with one attached hydrogen (secondary N) is 1. The minimum absolute atomic E-state index is 0.126. The van der Waals surface area contributed by atoms with Crippen molar-refractivity contribution in [2.75, 3.05) is 26.2 Å². The SMILES string of the molecule is CC[C@H](c1cc(F)ccc1C)N1CCNCC1. The molecule has 1 aliphatic rings. The molecule has 0 unspecified atom stereocenters. The van der Waals surface area contributed by atoms with Crippen LogP contribution in [0.15, 0.2) is 18.2 Å². The molecule has 0 amide bonds. The highest BCUT2D eigenvalue weighted by molar-refractivity contribution is 5.29. The number of hydrogen-bond acceptors (Lipinski definition) is 2. The number of rotatable bonds is 3. The Balaban J connectivity index is 2.24. The van der Waals surface area contributed by atoms with E-state index in [1.165, 1.54) is 5.56 Å². The molecule has 2 rings (SSSR count). The Bertz CT molecular complexity index is 372. The lowest BCUT2D eigenvalue weighted by molar-refractivity contribution is 0.168. The molecule has 1 aromatic carbocycles. The van der Waals surface area contributed by atoms with Gasteiger partial charge in [-0.15, -0.1) is 0 Å². The molecule has 3 heteroatoms. The van der Waals surface area contributed by atoms with Gasteiger partial charge in [0.05, 0.1) is 0 Å². The highest BCUT2D eigenvalue weighted by Gasteiger charge is 2.22. The van der Waals surface area contributed by atoms with Crippen LogP contribution in [0.2, 0.25) is 0 Å². The van der Waals surface area contributed by atoms with Crippen molar-refractivity contribution in [2.24, 2.45) is 0 Å². The number of benzene rings is 1. The molecule has 1 aromatic rings. The van der Waals surface area contributed by atoms with Gasteiger partial charge in [0.2, 0.25) is 0 Å². The Hall–Kier alpha value is -0.930. The molecule has 1 aliphatic heterocycles. The molecule has 0 spiro atoms. The summed E-state index contributed by atoms with van der Waals surface area (Å²) in [5.41, 5.74) is 2.34. The monoisotopic (exact) mass is 236 g/mol. The molecule has 1 fully saturated rings. The molecule has 0 radical (unpaired) electrons. The summed E-state index contributed by atoms with van der Waals surface area (Å²) in [4.78, 5) is 2.46. The smallest absolute Gasteiger partial charge is 0.123 e. The summed E-state index contributed by atoms with van der Waals surface area (Å²) in [6.07, 6.45) is 1.03. The minimum Gasteiger partial charge on any atom is -0.314 e. The Morgan fingerprint density at radius 3 is 2.71 bits per heavy atom. The number of aryl methyl sites for hydroxylation is 1. The van der Waals surface area contributed by atoms with Gasteiger partial charge in [0, 0.05) is 32.2 Å². The molecule has 94 valence electrons. The van der Waals surface area contributed by atoms with Crippen LogP contribution in [0.3, 0.4) is 0 Å². The van der Waals surface area contributed by atoms with Crippen LogP contribution in [0.4, 0.5) is 4.39 Å². The van der Waals surface area contributed by atoms with Gasteiger partial charge in [0.15, 0.2) is 0 Å². The number of nitrogens with zero attached hydrogens (tertiary/aromatic N) is 1. The zero-order valence-corrected chi connectivity index (χ0v) is 10.7. The first-order chi connectivity index (χ1) is 8.22. The second-order valence-electron chi connectivity index (χ2n) is 4.71. The van der Waals surface area contributed by atoms with Gasteiger partial charge in [0.1, 0.15) is 5.82 Å². The third-order valence-electron chi connectivity index (χ3n) is 3.58. The van der Waals surface area contributed by atoms with Gasteiger partial charge in [-0.1, -0.05) is 13.0 Å². The van der Waals surface area contributed by atoms with Crippen LogP contribution in [-0.4, -0.2) is 31.1 Å². The van der Waals surface area contributed by atoms with Crippen LogP contribution in [0.5, 0.6) is 0 Å². The molecular formula is C14H21FN2. The molecule has 0 aliphatic carbocycles. The quantitative estimate of drug-likeness (QED) is 0.867. The Morgan fingerprint density at radius 2 is 2.06 bits per heavy atom. The molecule has 1 atom stereocenters. The van der Waals surface area contributed by atoms with E-state index in [-0.39, 0.29) is 5.82 Å². The van der Waals surface area contributed by atoms with Crippen molar-refractivity contribution in [1.82, 2.24) is 10.2 Å². The van der Waals surface area contributed by atoms with Crippen molar-refractivity contribution in [1.29, 1.82) is 0 Å². The topological polar surface area (TPSA) is 15.3 Å². The van der Waals surface area contributed by atoms with E-state index in [0.717, 1.165) is 38.2 Å². The van der Waals surface area contributed by atoms with E-state index in [9.17, 15) is 4.39 Å². The van der Waals surface area contributed by atoms with E-state index in [0.29, 0.717) is 6.04 Å². The Labute approximate surface area is 103 Å². The third kappa shape index (κ3) is 2.85. The lowest BCUT2D eigenvalue weighted by Crippen LogP contribution is -2.45. The first kappa shape index (κ1) is 12.5. The fraction of sp³-hybridized carbons (Fsp3) is 0.571. The van der Waals surface area contributed by atoms with E-state index in [4.69, 9.17) is 0 Å². The fourth-order valence-electron chi connectivity index (χ4n) is 2.64. The summed E-state index contributed by atoms with van der Waals surface area (Å²) >= 11 is 0. The van der Waals surface area contributed by atoms with Gasteiger partial charge in [-0.3, -0.25) is 4.90 Å². The number of piperazine rings is 1. The average Bonchev–Trinajstić information content (AvgIpc) is 2.36. The second kappa shape index (κ2) is 5.61.